The van der Waals surface area contributed by atoms with E-state index >= 15 is 0 Å². The van der Waals surface area contributed by atoms with Crippen LogP contribution >= 0.6 is 34.2 Å². The van der Waals surface area contributed by atoms with Gasteiger partial charge in [0.25, 0.3) is 11.5 Å². The van der Waals surface area contributed by atoms with Gasteiger partial charge in [-0.15, -0.1) is 0 Å². The lowest BCUT2D eigenvalue weighted by atomic mass is 9.63. The molecular formula is C27H32ClIN6O3. The van der Waals surface area contributed by atoms with Gasteiger partial charge < -0.3 is 24.8 Å². The van der Waals surface area contributed by atoms with E-state index in [2.05, 4.69) is 43.1 Å². The van der Waals surface area contributed by atoms with Crippen LogP contribution in [-0.4, -0.2) is 51.1 Å². The molecule has 3 heterocycles. The molecule has 0 atom stereocenters. The molecule has 1 spiro atoms. The van der Waals surface area contributed by atoms with Gasteiger partial charge in [-0.25, -0.2) is 4.98 Å². The first kappa shape index (κ1) is 27.0. The van der Waals surface area contributed by atoms with Crippen LogP contribution in [0.5, 0.6) is 5.75 Å². The number of benzene rings is 1. The van der Waals surface area contributed by atoms with E-state index < -0.39 is 0 Å². The van der Waals surface area contributed by atoms with Gasteiger partial charge in [0.1, 0.15) is 5.02 Å². The number of hydrogen-bond donors (Lipinski definition) is 2. The Morgan fingerprint density at radius 1 is 1.26 bits per heavy atom. The second kappa shape index (κ2) is 10.9. The number of piperidine rings is 1. The summed E-state index contributed by atoms with van der Waals surface area (Å²) in [6.45, 7) is 5.54. The van der Waals surface area contributed by atoms with Crippen LogP contribution in [0.4, 0.5) is 17.5 Å². The van der Waals surface area contributed by atoms with E-state index in [-0.39, 0.29) is 29.9 Å². The highest BCUT2D eigenvalue weighted by molar-refractivity contribution is 14.1. The van der Waals surface area contributed by atoms with E-state index in [0.717, 1.165) is 33.6 Å². The lowest BCUT2D eigenvalue weighted by Gasteiger charge is -2.50. The molecule has 202 valence electrons. The van der Waals surface area contributed by atoms with Crippen molar-refractivity contribution in [1.82, 2.24) is 19.9 Å². The van der Waals surface area contributed by atoms with Crippen molar-refractivity contribution in [2.75, 3.05) is 37.0 Å². The van der Waals surface area contributed by atoms with Crippen molar-refractivity contribution in [2.45, 2.75) is 49.5 Å². The van der Waals surface area contributed by atoms with E-state index in [4.69, 9.17) is 21.3 Å². The zero-order valence-electron chi connectivity index (χ0n) is 21.8. The third-order valence-electron chi connectivity index (χ3n) is 7.57. The number of hydrogen-bond acceptors (Lipinski definition) is 7. The lowest BCUT2D eigenvalue weighted by molar-refractivity contribution is -0.122. The number of halogens is 2. The molecule has 3 aromatic rings. The van der Waals surface area contributed by atoms with Crippen LogP contribution in [0.15, 0.2) is 35.3 Å². The number of amides is 1. The average molecular weight is 651 g/mol. The maximum Gasteiger partial charge on any atom is 0.293 e. The molecule has 38 heavy (non-hydrogen) atoms. The van der Waals surface area contributed by atoms with Gasteiger partial charge in [-0.05, 0) is 69.2 Å². The minimum absolute atomic E-state index is 0.0994. The van der Waals surface area contributed by atoms with Gasteiger partial charge in [-0.2, -0.15) is 4.98 Å². The predicted molar refractivity (Wildman–Crippen MR) is 159 cm³/mol. The second-order valence-electron chi connectivity index (χ2n) is 10.5. The minimum atomic E-state index is -0.309. The average Bonchev–Trinajstić information content (AvgIpc) is 2.88. The third-order valence-corrected chi connectivity index (χ3v) is 8.72. The van der Waals surface area contributed by atoms with Crippen molar-refractivity contribution in [3.63, 3.8) is 0 Å². The first-order valence-electron chi connectivity index (χ1n) is 12.9. The van der Waals surface area contributed by atoms with Crippen molar-refractivity contribution in [1.29, 1.82) is 0 Å². The Hall–Kier alpha value is -2.60. The molecule has 0 bridgehead atoms. The topological polar surface area (TPSA) is 101 Å². The van der Waals surface area contributed by atoms with Crippen molar-refractivity contribution >= 4 is 68.5 Å². The molecule has 2 fully saturated rings. The number of likely N-dealkylation sites (N-methyl/N-ethyl adjacent to an activating group) is 1. The molecular weight excluding hydrogens is 619 g/mol. The maximum atomic E-state index is 13.1. The van der Waals surface area contributed by atoms with Gasteiger partial charge in [-0.1, -0.05) is 34.2 Å². The summed E-state index contributed by atoms with van der Waals surface area (Å²) in [7, 11) is 1.52. The summed E-state index contributed by atoms with van der Waals surface area (Å²) >= 11 is 9.04. The van der Waals surface area contributed by atoms with E-state index in [1.807, 2.05) is 32.0 Å². The molecule has 0 unspecified atom stereocenters. The summed E-state index contributed by atoms with van der Waals surface area (Å²) < 4.78 is 8.05. The van der Waals surface area contributed by atoms with Gasteiger partial charge in [0.05, 0.1) is 11.7 Å². The van der Waals surface area contributed by atoms with E-state index in [1.165, 1.54) is 32.7 Å². The van der Waals surface area contributed by atoms with Crippen LogP contribution in [-0.2, 0) is 4.79 Å². The zero-order valence-corrected chi connectivity index (χ0v) is 24.7. The molecule has 1 amide bonds. The predicted octanol–water partition coefficient (Wildman–Crippen LogP) is 5.08. The Bertz CT molecular complexity index is 1410. The molecule has 5 rings (SSSR count). The first-order valence-corrected chi connectivity index (χ1v) is 14.5. The highest BCUT2D eigenvalue weighted by Crippen LogP contribution is 2.52. The van der Waals surface area contributed by atoms with Crippen molar-refractivity contribution in [2.24, 2.45) is 5.41 Å². The summed E-state index contributed by atoms with van der Waals surface area (Å²) in [5, 5.41) is 7.04. The molecule has 0 radical (unpaired) electrons. The molecule has 1 aliphatic heterocycles. The van der Waals surface area contributed by atoms with E-state index in [9.17, 15) is 9.59 Å². The number of nitrogens with zero attached hydrogens (tertiary/aromatic N) is 4. The summed E-state index contributed by atoms with van der Waals surface area (Å²) in [6.07, 6.45) is 6.63. The van der Waals surface area contributed by atoms with E-state index in [1.54, 1.807) is 16.8 Å². The third kappa shape index (κ3) is 5.42. The van der Waals surface area contributed by atoms with Gasteiger partial charge >= 0.3 is 0 Å². The molecule has 2 aliphatic rings. The number of nitrogens with one attached hydrogen (secondary N) is 2. The molecule has 2 aromatic heterocycles. The highest BCUT2D eigenvalue weighted by atomic mass is 127. The fourth-order valence-corrected chi connectivity index (χ4v) is 7.44. The molecule has 9 nitrogen and oxygen atoms in total. The second-order valence-corrected chi connectivity index (χ2v) is 12.7. The normalized spacial score (nSPS) is 17.1. The van der Waals surface area contributed by atoms with E-state index in [0.29, 0.717) is 22.2 Å². The smallest absolute Gasteiger partial charge is 0.293 e. The number of carbonyl (C=O) groups is 1. The zero-order chi connectivity index (χ0) is 27.0. The summed E-state index contributed by atoms with van der Waals surface area (Å²) in [4.78, 5) is 36.3. The lowest BCUT2D eigenvalue weighted by Crippen LogP contribution is -2.47. The van der Waals surface area contributed by atoms with Gasteiger partial charge in [0.15, 0.2) is 18.2 Å². The summed E-state index contributed by atoms with van der Waals surface area (Å²) in [6, 6.07) is 7.27. The highest BCUT2D eigenvalue weighted by Gasteiger charge is 2.44. The monoisotopic (exact) mass is 650 g/mol. The van der Waals surface area contributed by atoms with Gasteiger partial charge in [-0.3, -0.25) is 9.59 Å². The van der Waals surface area contributed by atoms with Crippen LogP contribution in [0.3, 0.4) is 0 Å². The van der Waals surface area contributed by atoms with Crippen LogP contribution in [0.1, 0.15) is 45.6 Å². The number of carbonyl (C=O) groups excluding carboxylic acids is 1. The fraction of sp³-hybridized carbons (Fsp3) is 0.481. The Morgan fingerprint density at radius 2 is 2.00 bits per heavy atom. The van der Waals surface area contributed by atoms with Gasteiger partial charge in [0.2, 0.25) is 5.95 Å². The van der Waals surface area contributed by atoms with Crippen molar-refractivity contribution < 1.29 is 9.53 Å². The van der Waals surface area contributed by atoms with Crippen LogP contribution in [0.25, 0.3) is 10.9 Å². The molecule has 2 N–H and O–H groups in total. The Kier molecular flexibility index (Phi) is 7.72. The Morgan fingerprint density at radius 3 is 2.66 bits per heavy atom. The number of aromatic nitrogens is 3. The molecule has 1 aromatic carbocycles. The maximum absolute atomic E-state index is 13.1. The molecule has 1 aliphatic carbocycles. The number of ether oxygens (including phenoxy) is 1. The van der Waals surface area contributed by atoms with Gasteiger partial charge in [0, 0.05) is 41.2 Å². The number of pyridine rings is 1. The molecule has 1 saturated carbocycles. The fourth-order valence-electron chi connectivity index (χ4n) is 5.43. The van der Waals surface area contributed by atoms with Crippen LogP contribution in [0, 0.1) is 5.41 Å². The Balaban J connectivity index is 1.40. The largest absolute Gasteiger partial charge is 0.478 e. The van der Waals surface area contributed by atoms with Crippen molar-refractivity contribution in [3.8, 4) is 5.75 Å². The number of alkyl halides is 1. The number of anilines is 3. The Labute approximate surface area is 240 Å². The SMILES string of the molecule is CNC(=O)COc1cc2cc(Nc3nc(N4CCC5(CC4)CC(I)C5)ncc3Cl)ccc2n(C(C)C)c1=O. The number of rotatable bonds is 7. The van der Waals surface area contributed by atoms with Crippen LogP contribution < -0.4 is 25.8 Å². The standard InChI is InChI=1S/C27H32ClIN6O3/c1-16(2)35-21-5-4-19(10-17(21)11-22(25(35)37)38-15-23(36)30-3)32-24-20(28)14-31-26(33-24)34-8-6-27(7-9-34)12-18(29)13-27/h4-5,10-11,14,16,18H,6-9,12-13,15H2,1-3H3,(H,30,36)(H,31,32,33). The quantitative estimate of drug-likeness (QED) is 0.272. The first-order chi connectivity index (χ1) is 18.2. The molecule has 11 heteroatoms. The van der Waals surface area contributed by atoms with Crippen molar-refractivity contribution in [3.05, 3.63) is 45.8 Å². The summed E-state index contributed by atoms with van der Waals surface area (Å²) in [5.41, 5.74) is 1.76. The minimum Gasteiger partial charge on any atom is -0.478 e. The summed E-state index contributed by atoms with van der Waals surface area (Å²) in [5.74, 6) is 1.02. The number of fused-ring (bicyclic) bond motifs is 1. The van der Waals surface area contributed by atoms with Crippen LogP contribution in [0.2, 0.25) is 5.02 Å². The molecule has 1 saturated heterocycles.